The quantitative estimate of drug-likeness (QED) is 0.600. The molecule has 0 saturated heterocycles. The molecule has 1 heterocycles. The first-order valence-electron chi connectivity index (χ1n) is 3.53. The van der Waals surface area contributed by atoms with E-state index in [1.165, 1.54) is 0 Å². The van der Waals surface area contributed by atoms with Gasteiger partial charge in [0.25, 0.3) is 0 Å². The molecule has 0 atom stereocenters. The van der Waals surface area contributed by atoms with Crippen LogP contribution >= 0.6 is 0 Å². The Kier molecular flexibility index (Phi) is 1.95. The predicted molar refractivity (Wildman–Crippen MR) is 42.0 cm³/mol. The van der Waals surface area contributed by atoms with Crippen LogP contribution in [0.2, 0.25) is 0 Å². The van der Waals surface area contributed by atoms with Crippen LogP contribution in [0.1, 0.15) is 17.0 Å². The van der Waals surface area contributed by atoms with Gasteiger partial charge in [0.1, 0.15) is 0 Å². The molecule has 0 fully saturated rings. The van der Waals surface area contributed by atoms with Gasteiger partial charge in [0, 0.05) is 18.3 Å². The lowest BCUT2D eigenvalue weighted by molar-refractivity contribution is 0.730. The average Bonchev–Trinajstić information content (AvgIpc) is 2.17. The lowest BCUT2D eigenvalue weighted by Gasteiger charge is -1.93. The van der Waals surface area contributed by atoms with Gasteiger partial charge in [-0.05, 0) is 13.8 Å². The van der Waals surface area contributed by atoms with Crippen LogP contribution in [0.15, 0.2) is 0 Å². The minimum absolute atomic E-state index is 0.464. The molecular weight excluding hydrogens is 138 g/mol. The van der Waals surface area contributed by atoms with Crippen molar-refractivity contribution in [2.45, 2.75) is 20.3 Å². The number of nitriles is 1. The second-order valence-electron chi connectivity index (χ2n) is 2.61. The van der Waals surface area contributed by atoms with Crippen molar-refractivity contribution in [2.75, 3.05) is 0 Å². The Bertz CT molecular complexity index is 304. The van der Waals surface area contributed by atoms with Crippen molar-refractivity contribution in [3.05, 3.63) is 17.0 Å². The molecule has 0 spiro atoms. The smallest absolute Gasteiger partial charge is 0.0671 e. The number of nitrogens with zero attached hydrogens (tertiary/aromatic N) is 3. The van der Waals surface area contributed by atoms with Crippen molar-refractivity contribution in [3.63, 3.8) is 0 Å². The summed E-state index contributed by atoms with van der Waals surface area (Å²) in [7, 11) is 1.89. The van der Waals surface area contributed by atoms with Gasteiger partial charge in [-0.25, -0.2) is 0 Å². The van der Waals surface area contributed by atoms with E-state index in [1.807, 2.05) is 25.6 Å². The van der Waals surface area contributed by atoms with Crippen molar-refractivity contribution in [2.24, 2.45) is 7.05 Å². The normalized spacial score (nSPS) is 9.64. The van der Waals surface area contributed by atoms with E-state index in [0.29, 0.717) is 6.42 Å². The molecule has 0 aliphatic heterocycles. The van der Waals surface area contributed by atoms with Gasteiger partial charge in [-0.3, -0.25) is 4.68 Å². The van der Waals surface area contributed by atoms with Crippen LogP contribution in [0, 0.1) is 25.2 Å². The van der Waals surface area contributed by atoms with Gasteiger partial charge in [-0.2, -0.15) is 10.4 Å². The highest BCUT2D eigenvalue weighted by Crippen LogP contribution is 2.11. The number of hydrogen-bond acceptors (Lipinski definition) is 2. The van der Waals surface area contributed by atoms with Crippen molar-refractivity contribution in [3.8, 4) is 6.07 Å². The maximum absolute atomic E-state index is 8.49. The number of rotatable bonds is 1. The summed E-state index contributed by atoms with van der Waals surface area (Å²) in [6.45, 7) is 3.91. The van der Waals surface area contributed by atoms with Crippen molar-refractivity contribution < 1.29 is 0 Å². The van der Waals surface area contributed by atoms with E-state index in [9.17, 15) is 0 Å². The van der Waals surface area contributed by atoms with E-state index in [4.69, 9.17) is 5.26 Å². The third-order valence-electron chi connectivity index (χ3n) is 1.91. The molecule has 1 aromatic rings. The van der Waals surface area contributed by atoms with Gasteiger partial charge in [0.2, 0.25) is 0 Å². The minimum atomic E-state index is 0.464. The second-order valence-corrected chi connectivity index (χ2v) is 2.61. The Labute approximate surface area is 66.3 Å². The van der Waals surface area contributed by atoms with Gasteiger partial charge in [0.15, 0.2) is 0 Å². The first kappa shape index (κ1) is 7.80. The zero-order valence-electron chi connectivity index (χ0n) is 7.05. The van der Waals surface area contributed by atoms with Crippen molar-refractivity contribution in [1.82, 2.24) is 9.78 Å². The molecule has 0 unspecified atom stereocenters. The molecule has 0 aromatic carbocycles. The first-order valence-corrected chi connectivity index (χ1v) is 3.53. The highest BCUT2D eigenvalue weighted by atomic mass is 15.3. The molecule has 0 bridgehead atoms. The molecule has 1 rings (SSSR count). The largest absolute Gasteiger partial charge is 0.272 e. The fraction of sp³-hybridized carbons (Fsp3) is 0.500. The van der Waals surface area contributed by atoms with E-state index >= 15 is 0 Å². The molecular formula is C8H11N3. The molecule has 0 radical (unpaired) electrons. The standard InChI is InChI=1S/C8H11N3/c1-6-8(4-5-9)7(2)11(3)10-6/h4H2,1-3H3. The molecule has 11 heavy (non-hydrogen) atoms. The fourth-order valence-corrected chi connectivity index (χ4v) is 1.15. The van der Waals surface area contributed by atoms with Crippen LogP contribution in [-0.4, -0.2) is 9.78 Å². The van der Waals surface area contributed by atoms with Crippen LogP contribution in [0.3, 0.4) is 0 Å². The molecule has 0 amide bonds. The fourth-order valence-electron chi connectivity index (χ4n) is 1.15. The monoisotopic (exact) mass is 149 g/mol. The highest BCUT2D eigenvalue weighted by Gasteiger charge is 2.07. The lowest BCUT2D eigenvalue weighted by atomic mass is 10.1. The summed E-state index contributed by atoms with van der Waals surface area (Å²) in [6, 6.07) is 2.13. The van der Waals surface area contributed by atoms with Crippen LogP contribution in [0.5, 0.6) is 0 Å². The Hall–Kier alpha value is -1.30. The number of aromatic nitrogens is 2. The van der Waals surface area contributed by atoms with E-state index in [0.717, 1.165) is 17.0 Å². The third kappa shape index (κ3) is 1.25. The second kappa shape index (κ2) is 2.75. The molecule has 58 valence electrons. The van der Waals surface area contributed by atoms with Crippen LogP contribution in [0.25, 0.3) is 0 Å². The summed E-state index contributed by atoms with van der Waals surface area (Å²) in [5, 5.41) is 12.7. The third-order valence-corrected chi connectivity index (χ3v) is 1.91. The Morgan fingerprint density at radius 3 is 2.55 bits per heavy atom. The summed E-state index contributed by atoms with van der Waals surface area (Å²) >= 11 is 0. The molecule has 3 heteroatoms. The molecule has 0 saturated carbocycles. The Morgan fingerprint density at radius 2 is 2.18 bits per heavy atom. The molecule has 0 aliphatic rings. The van der Waals surface area contributed by atoms with Crippen LogP contribution in [0.4, 0.5) is 0 Å². The summed E-state index contributed by atoms with van der Waals surface area (Å²) in [6.07, 6.45) is 0.464. The summed E-state index contributed by atoms with van der Waals surface area (Å²) in [5.41, 5.74) is 3.12. The SMILES string of the molecule is Cc1nn(C)c(C)c1CC#N. The molecule has 0 N–H and O–H groups in total. The molecule has 1 aromatic heterocycles. The lowest BCUT2D eigenvalue weighted by Crippen LogP contribution is -1.93. The van der Waals surface area contributed by atoms with Gasteiger partial charge < -0.3 is 0 Å². The summed E-state index contributed by atoms with van der Waals surface area (Å²) in [5.74, 6) is 0. The zero-order valence-corrected chi connectivity index (χ0v) is 7.05. The van der Waals surface area contributed by atoms with Crippen molar-refractivity contribution in [1.29, 1.82) is 5.26 Å². The first-order chi connectivity index (χ1) is 5.16. The number of aryl methyl sites for hydroxylation is 2. The van der Waals surface area contributed by atoms with E-state index < -0.39 is 0 Å². The van der Waals surface area contributed by atoms with E-state index in [1.54, 1.807) is 0 Å². The molecule has 0 aliphatic carbocycles. The zero-order chi connectivity index (χ0) is 8.43. The number of hydrogen-bond donors (Lipinski definition) is 0. The Morgan fingerprint density at radius 1 is 1.55 bits per heavy atom. The highest BCUT2D eigenvalue weighted by molar-refractivity contribution is 5.26. The minimum Gasteiger partial charge on any atom is -0.272 e. The van der Waals surface area contributed by atoms with Gasteiger partial charge in [-0.15, -0.1) is 0 Å². The van der Waals surface area contributed by atoms with Crippen LogP contribution in [-0.2, 0) is 13.5 Å². The van der Waals surface area contributed by atoms with Gasteiger partial charge in [0.05, 0.1) is 18.2 Å². The topological polar surface area (TPSA) is 41.6 Å². The van der Waals surface area contributed by atoms with Gasteiger partial charge >= 0.3 is 0 Å². The maximum Gasteiger partial charge on any atom is 0.0671 e. The van der Waals surface area contributed by atoms with E-state index in [2.05, 4.69) is 11.2 Å². The maximum atomic E-state index is 8.49. The average molecular weight is 149 g/mol. The summed E-state index contributed by atoms with van der Waals surface area (Å²) < 4.78 is 1.81. The van der Waals surface area contributed by atoms with Crippen LogP contribution < -0.4 is 0 Å². The molecule has 3 nitrogen and oxygen atoms in total. The summed E-state index contributed by atoms with van der Waals surface area (Å²) in [4.78, 5) is 0. The van der Waals surface area contributed by atoms with E-state index in [-0.39, 0.29) is 0 Å². The Balaban J connectivity index is 3.14. The van der Waals surface area contributed by atoms with Crippen molar-refractivity contribution >= 4 is 0 Å². The predicted octanol–water partition coefficient (Wildman–Crippen LogP) is 1.10. The van der Waals surface area contributed by atoms with Gasteiger partial charge in [-0.1, -0.05) is 0 Å².